The van der Waals surface area contributed by atoms with Gasteiger partial charge < -0.3 is 14.4 Å². The van der Waals surface area contributed by atoms with Crippen molar-refractivity contribution < 1.29 is 9.00 Å². The van der Waals surface area contributed by atoms with Crippen molar-refractivity contribution in [3.05, 3.63) is 66.6 Å². The number of likely N-dealkylation sites (N-methyl/N-ethyl adjacent to an activating group) is 1. The summed E-state index contributed by atoms with van der Waals surface area (Å²) in [6.07, 6.45) is 5.65. The Hall–Kier alpha value is -2.71. The van der Waals surface area contributed by atoms with E-state index in [1.807, 2.05) is 69.0 Å². The lowest BCUT2D eigenvalue weighted by atomic mass is 10.3. The van der Waals surface area contributed by atoms with Crippen LogP contribution in [0.1, 0.15) is 12.5 Å². The summed E-state index contributed by atoms with van der Waals surface area (Å²) in [4.78, 5) is 16.8. The zero-order chi connectivity index (χ0) is 20.9. The van der Waals surface area contributed by atoms with Crippen molar-refractivity contribution in [2.24, 2.45) is 0 Å². The Morgan fingerprint density at radius 3 is 2.40 bits per heavy atom. The van der Waals surface area contributed by atoms with Gasteiger partial charge in [0.1, 0.15) is 11.6 Å². The first-order chi connectivity index (χ1) is 14.7. The van der Waals surface area contributed by atoms with E-state index in [0.29, 0.717) is 18.8 Å². The lowest BCUT2D eigenvalue weighted by Gasteiger charge is -2.34. The van der Waals surface area contributed by atoms with E-state index in [2.05, 4.69) is 16.9 Å². The molecule has 3 aromatic rings. The molecule has 0 saturated carbocycles. The minimum absolute atomic E-state index is 0.0259. The van der Waals surface area contributed by atoms with Crippen LogP contribution in [-0.2, 0) is 21.3 Å². The van der Waals surface area contributed by atoms with E-state index in [1.54, 1.807) is 6.20 Å². The lowest BCUT2D eigenvalue weighted by Crippen LogP contribution is -2.49. The predicted octanol–water partition coefficient (Wildman–Crippen LogP) is 2.08. The second-order valence-electron chi connectivity index (χ2n) is 7.37. The van der Waals surface area contributed by atoms with Crippen molar-refractivity contribution >= 4 is 16.7 Å². The van der Waals surface area contributed by atoms with Gasteiger partial charge in [0.2, 0.25) is 5.91 Å². The van der Waals surface area contributed by atoms with Gasteiger partial charge in [-0.25, -0.2) is 4.68 Å². The normalized spacial score (nSPS) is 16.0. The Morgan fingerprint density at radius 2 is 1.73 bits per heavy atom. The maximum atomic E-state index is 12.9. The van der Waals surface area contributed by atoms with Crippen LogP contribution in [0.5, 0.6) is 0 Å². The number of carbonyl (C=O) groups excluding carboxylic acids is 1. The van der Waals surface area contributed by atoms with Crippen LogP contribution in [0.3, 0.4) is 0 Å². The number of hydrogen-bond donors (Lipinski definition) is 0. The Bertz CT molecular complexity index is 992. The maximum Gasteiger partial charge on any atom is 0.235 e. The van der Waals surface area contributed by atoms with Gasteiger partial charge in [0, 0.05) is 54.9 Å². The van der Waals surface area contributed by atoms with Gasteiger partial charge in [0.25, 0.3) is 0 Å². The molecule has 158 valence electrons. The average Bonchev–Trinajstić information content (AvgIpc) is 3.44. The molecular formula is C22H27N5O2S. The number of hydrogen-bond acceptors (Lipinski definition) is 4. The summed E-state index contributed by atoms with van der Waals surface area (Å²) in [5.41, 5.74) is 1.79. The molecule has 1 atom stereocenters. The van der Waals surface area contributed by atoms with Gasteiger partial charge >= 0.3 is 0 Å². The summed E-state index contributed by atoms with van der Waals surface area (Å²) in [5, 5.41) is 4.54. The van der Waals surface area contributed by atoms with Gasteiger partial charge in [0.05, 0.1) is 17.6 Å². The van der Waals surface area contributed by atoms with Crippen molar-refractivity contribution in [1.29, 1.82) is 0 Å². The van der Waals surface area contributed by atoms with E-state index in [0.717, 1.165) is 36.7 Å². The summed E-state index contributed by atoms with van der Waals surface area (Å²) >= 11 is 0. The van der Waals surface area contributed by atoms with Crippen molar-refractivity contribution in [3.8, 4) is 11.5 Å². The number of carbonyl (C=O) groups is 1. The molecule has 4 rings (SSSR count). The zero-order valence-electron chi connectivity index (χ0n) is 17.2. The Balaban J connectivity index is 1.49. The largest absolute Gasteiger partial charge is 0.339 e. The summed E-state index contributed by atoms with van der Waals surface area (Å²) < 4.78 is 16.7. The summed E-state index contributed by atoms with van der Waals surface area (Å²) in [5.74, 6) is 1.17. The van der Waals surface area contributed by atoms with Gasteiger partial charge in [-0.1, -0.05) is 25.1 Å². The second-order valence-corrected chi connectivity index (χ2v) is 8.83. The average molecular weight is 426 g/mol. The first kappa shape index (κ1) is 20.6. The van der Waals surface area contributed by atoms with E-state index in [-0.39, 0.29) is 11.7 Å². The third-order valence-corrected chi connectivity index (χ3v) is 6.64. The number of aromatic nitrogens is 3. The molecule has 0 radical (unpaired) electrons. The Morgan fingerprint density at radius 1 is 1.03 bits per heavy atom. The van der Waals surface area contributed by atoms with Gasteiger partial charge in [-0.3, -0.25) is 9.00 Å². The van der Waals surface area contributed by atoms with E-state index in [9.17, 15) is 9.00 Å². The van der Waals surface area contributed by atoms with E-state index < -0.39 is 10.8 Å². The van der Waals surface area contributed by atoms with Crippen molar-refractivity contribution in [3.63, 3.8) is 0 Å². The number of rotatable bonds is 7. The number of amides is 1. The van der Waals surface area contributed by atoms with Crippen molar-refractivity contribution in [2.45, 2.75) is 12.7 Å². The van der Waals surface area contributed by atoms with Crippen LogP contribution in [0.4, 0.5) is 0 Å². The summed E-state index contributed by atoms with van der Waals surface area (Å²) in [6, 6.07) is 13.8. The fraction of sp³-hybridized carbons (Fsp3) is 0.364. The van der Waals surface area contributed by atoms with Crippen LogP contribution in [0.2, 0.25) is 0 Å². The van der Waals surface area contributed by atoms with Crippen LogP contribution in [-0.4, -0.2) is 72.7 Å². The van der Waals surface area contributed by atoms with E-state index >= 15 is 0 Å². The van der Waals surface area contributed by atoms with Gasteiger partial charge in [-0.15, -0.1) is 0 Å². The first-order valence-electron chi connectivity index (χ1n) is 10.3. The van der Waals surface area contributed by atoms with Gasteiger partial charge in [-0.2, -0.15) is 5.10 Å². The highest BCUT2D eigenvalue weighted by Crippen LogP contribution is 2.21. The van der Waals surface area contributed by atoms with Crippen LogP contribution in [0, 0.1) is 0 Å². The number of benzene rings is 1. The summed E-state index contributed by atoms with van der Waals surface area (Å²) in [6.45, 7) is 6.33. The molecule has 0 spiro atoms. The quantitative estimate of drug-likeness (QED) is 0.581. The van der Waals surface area contributed by atoms with Crippen LogP contribution >= 0.6 is 0 Å². The van der Waals surface area contributed by atoms with Crippen molar-refractivity contribution in [2.75, 3.05) is 38.5 Å². The standard InChI is InChI=1S/C22H27N5O2S/c1-2-24-12-14-25(15-13-24)21(28)18-30(29)17-19-16-23-27(20-8-4-3-5-9-20)22(19)26-10-6-7-11-26/h3-11,16H,2,12-15,17-18H2,1H3. The fourth-order valence-electron chi connectivity index (χ4n) is 3.75. The van der Waals surface area contributed by atoms with Gasteiger partial charge in [0.15, 0.2) is 0 Å². The molecule has 1 aliphatic rings. The Kier molecular flexibility index (Phi) is 6.44. The second kappa shape index (κ2) is 9.40. The molecule has 8 heteroatoms. The molecular weight excluding hydrogens is 398 g/mol. The summed E-state index contributed by atoms with van der Waals surface area (Å²) in [7, 11) is -1.30. The molecule has 30 heavy (non-hydrogen) atoms. The Labute approximate surface area is 179 Å². The van der Waals surface area contributed by atoms with E-state index in [4.69, 9.17) is 0 Å². The molecule has 1 saturated heterocycles. The minimum Gasteiger partial charge on any atom is -0.339 e. The molecule has 0 bridgehead atoms. The molecule has 1 aromatic carbocycles. The highest BCUT2D eigenvalue weighted by Gasteiger charge is 2.23. The molecule has 1 amide bonds. The molecule has 1 unspecified atom stereocenters. The maximum absolute atomic E-state index is 12.9. The highest BCUT2D eigenvalue weighted by atomic mass is 32.2. The lowest BCUT2D eigenvalue weighted by molar-refractivity contribution is -0.130. The third-order valence-electron chi connectivity index (χ3n) is 5.44. The topological polar surface area (TPSA) is 63.4 Å². The predicted molar refractivity (Wildman–Crippen MR) is 118 cm³/mol. The van der Waals surface area contributed by atoms with Crippen LogP contribution in [0.25, 0.3) is 11.5 Å². The fourth-order valence-corrected chi connectivity index (χ4v) is 4.86. The zero-order valence-corrected chi connectivity index (χ0v) is 18.0. The number of para-hydroxylation sites is 1. The molecule has 0 N–H and O–H groups in total. The monoisotopic (exact) mass is 425 g/mol. The number of nitrogens with zero attached hydrogens (tertiary/aromatic N) is 5. The first-order valence-corrected chi connectivity index (χ1v) is 11.7. The van der Waals surface area contributed by atoms with Crippen LogP contribution < -0.4 is 0 Å². The van der Waals surface area contributed by atoms with Crippen molar-refractivity contribution in [1.82, 2.24) is 24.1 Å². The number of piperazine rings is 1. The smallest absolute Gasteiger partial charge is 0.235 e. The minimum atomic E-state index is -1.30. The SMILES string of the molecule is CCN1CCN(C(=O)CS(=O)Cc2cnn(-c3ccccc3)c2-n2cccc2)CC1. The van der Waals surface area contributed by atoms with E-state index in [1.165, 1.54) is 0 Å². The molecule has 2 aromatic heterocycles. The third kappa shape index (κ3) is 4.55. The molecule has 3 heterocycles. The highest BCUT2D eigenvalue weighted by molar-refractivity contribution is 7.84. The molecule has 1 aliphatic heterocycles. The molecule has 1 fully saturated rings. The van der Waals surface area contributed by atoms with Crippen LogP contribution in [0.15, 0.2) is 61.1 Å². The van der Waals surface area contributed by atoms with Gasteiger partial charge in [-0.05, 0) is 30.8 Å². The molecule has 7 nitrogen and oxygen atoms in total. The molecule has 0 aliphatic carbocycles.